The third-order valence-corrected chi connectivity index (χ3v) is 3.90. The van der Waals surface area contributed by atoms with Crippen molar-refractivity contribution in [1.82, 2.24) is 20.0 Å². The van der Waals surface area contributed by atoms with Gasteiger partial charge in [-0.2, -0.15) is 5.10 Å². The van der Waals surface area contributed by atoms with Gasteiger partial charge in [0.2, 0.25) is 0 Å². The van der Waals surface area contributed by atoms with Crippen LogP contribution in [0.4, 0.5) is 5.82 Å². The molecule has 1 aliphatic heterocycles. The number of ether oxygens (including phenoxy) is 1. The van der Waals surface area contributed by atoms with Crippen molar-refractivity contribution in [3.05, 3.63) is 29.6 Å². The Bertz CT molecular complexity index is 607. The van der Waals surface area contributed by atoms with E-state index in [1.807, 2.05) is 36.7 Å². The summed E-state index contributed by atoms with van der Waals surface area (Å²) in [5.41, 5.74) is 2.05. The standard InChI is InChI=1S/C15H21N5O/c1-11-9-12(2)20(18-11)15-7-6-14(16-17-15)19-8-4-5-13(10-19)21-3/h6-7,9,13H,4-5,8,10H2,1-3H3. The molecule has 2 aromatic rings. The van der Waals surface area contributed by atoms with Gasteiger partial charge in [-0.15, -0.1) is 10.2 Å². The summed E-state index contributed by atoms with van der Waals surface area (Å²) in [4.78, 5) is 2.23. The minimum atomic E-state index is 0.288. The number of piperidine rings is 1. The van der Waals surface area contributed by atoms with Crippen LogP contribution in [0.1, 0.15) is 24.2 Å². The Kier molecular flexibility index (Phi) is 3.88. The lowest BCUT2D eigenvalue weighted by molar-refractivity contribution is 0.0891. The normalized spacial score (nSPS) is 19.0. The van der Waals surface area contributed by atoms with Crippen LogP contribution in [-0.4, -0.2) is 46.3 Å². The molecule has 3 heterocycles. The van der Waals surface area contributed by atoms with Crippen LogP contribution in [0, 0.1) is 13.8 Å². The summed E-state index contributed by atoms with van der Waals surface area (Å²) in [5.74, 6) is 1.66. The Labute approximate surface area is 124 Å². The van der Waals surface area contributed by atoms with Gasteiger partial charge in [0.05, 0.1) is 11.8 Å². The fourth-order valence-electron chi connectivity index (χ4n) is 2.80. The molecule has 0 aromatic carbocycles. The molecule has 21 heavy (non-hydrogen) atoms. The first-order valence-electron chi connectivity index (χ1n) is 7.32. The number of hydrogen-bond acceptors (Lipinski definition) is 5. The quantitative estimate of drug-likeness (QED) is 0.863. The number of aromatic nitrogens is 4. The number of methoxy groups -OCH3 is 1. The second kappa shape index (κ2) is 5.81. The minimum absolute atomic E-state index is 0.288. The van der Waals surface area contributed by atoms with E-state index in [4.69, 9.17) is 4.74 Å². The predicted molar refractivity (Wildman–Crippen MR) is 80.9 cm³/mol. The minimum Gasteiger partial charge on any atom is -0.380 e. The molecular weight excluding hydrogens is 266 g/mol. The van der Waals surface area contributed by atoms with Crippen molar-refractivity contribution >= 4 is 5.82 Å². The summed E-state index contributed by atoms with van der Waals surface area (Å²) in [6.07, 6.45) is 2.53. The number of nitrogens with zero attached hydrogens (tertiary/aromatic N) is 5. The zero-order valence-electron chi connectivity index (χ0n) is 12.8. The van der Waals surface area contributed by atoms with Crippen LogP contribution in [0.2, 0.25) is 0 Å². The highest BCUT2D eigenvalue weighted by molar-refractivity contribution is 5.40. The number of anilines is 1. The van der Waals surface area contributed by atoms with Crippen molar-refractivity contribution in [2.45, 2.75) is 32.8 Å². The second-order valence-corrected chi connectivity index (χ2v) is 5.53. The van der Waals surface area contributed by atoms with Crippen LogP contribution in [0.15, 0.2) is 18.2 Å². The maximum Gasteiger partial charge on any atom is 0.176 e. The van der Waals surface area contributed by atoms with Crippen LogP contribution < -0.4 is 4.90 Å². The molecule has 0 amide bonds. The average molecular weight is 287 g/mol. The molecule has 0 bridgehead atoms. The molecule has 0 saturated carbocycles. The van der Waals surface area contributed by atoms with Gasteiger partial charge in [0, 0.05) is 25.9 Å². The maximum atomic E-state index is 5.45. The van der Waals surface area contributed by atoms with Crippen molar-refractivity contribution in [3.63, 3.8) is 0 Å². The van der Waals surface area contributed by atoms with E-state index in [0.29, 0.717) is 0 Å². The monoisotopic (exact) mass is 287 g/mol. The fraction of sp³-hybridized carbons (Fsp3) is 0.533. The van der Waals surface area contributed by atoms with E-state index in [2.05, 4.69) is 20.2 Å². The van der Waals surface area contributed by atoms with Gasteiger partial charge in [-0.25, -0.2) is 4.68 Å². The first-order chi connectivity index (χ1) is 10.2. The van der Waals surface area contributed by atoms with E-state index in [1.165, 1.54) is 0 Å². The third-order valence-electron chi connectivity index (χ3n) is 3.90. The fourth-order valence-corrected chi connectivity index (χ4v) is 2.80. The lowest BCUT2D eigenvalue weighted by atomic mass is 10.1. The van der Waals surface area contributed by atoms with Crippen LogP contribution >= 0.6 is 0 Å². The Balaban J connectivity index is 1.79. The molecule has 1 fully saturated rings. The SMILES string of the molecule is COC1CCCN(c2ccc(-n3nc(C)cc3C)nn2)C1. The van der Waals surface area contributed by atoms with Crippen LogP contribution in [0.25, 0.3) is 5.82 Å². The van der Waals surface area contributed by atoms with E-state index >= 15 is 0 Å². The highest BCUT2D eigenvalue weighted by Gasteiger charge is 2.20. The van der Waals surface area contributed by atoms with Crippen LogP contribution in [0.5, 0.6) is 0 Å². The maximum absolute atomic E-state index is 5.45. The van der Waals surface area contributed by atoms with Gasteiger partial charge in [-0.1, -0.05) is 0 Å². The summed E-state index contributed by atoms with van der Waals surface area (Å²) in [5, 5.41) is 13.1. The molecule has 1 unspecified atom stereocenters. The van der Waals surface area contributed by atoms with E-state index in [-0.39, 0.29) is 6.10 Å². The van der Waals surface area contributed by atoms with Crippen LogP contribution in [-0.2, 0) is 4.74 Å². The number of rotatable bonds is 3. The van der Waals surface area contributed by atoms with E-state index in [0.717, 1.165) is 49.0 Å². The molecule has 1 atom stereocenters. The molecular formula is C15H21N5O. The van der Waals surface area contributed by atoms with Gasteiger partial charge in [-0.3, -0.25) is 0 Å². The Morgan fingerprint density at radius 2 is 1.95 bits per heavy atom. The lowest BCUT2D eigenvalue weighted by Gasteiger charge is -2.32. The van der Waals surface area contributed by atoms with E-state index in [9.17, 15) is 0 Å². The molecule has 112 valence electrons. The van der Waals surface area contributed by atoms with Gasteiger partial charge in [0.1, 0.15) is 0 Å². The molecule has 3 rings (SSSR count). The molecule has 0 spiro atoms. The largest absolute Gasteiger partial charge is 0.380 e. The number of aryl methyl sites for hydroxylation is 2. The zero-order chi connectivity index (χ0) is 14.8. The predicted octanol–water partition coefficient (Wildman–Crippen LogP) is 1.89. The van der Waals surface area contributed by atoms with Gasteiger partial charge in [0.25, 0.3) is 0 Å². The Morgan fingerprint density at radius 3 is 2.57 bits per heavy atom. The summed E-state index contributed by atoms with van der Waals surface area (Å²) in [7, 11) is 1.77. The summed E-state index contributed by atoms with van der Waals surface area (Å²) < 4.78 is 7.27. The highest BCUT2D eigenvalue weighted by atomic mass is 16.5. The summed E-state index contributed by atoms with van der Waals surface area (Å²) >= 11 is 0. The second-order valence-electron chi connectivity index (χ2n) is 5.53. The van der Waals surface area contributed by atoms with Gasteiger partial charge < -0.3 is 9.64 Å². The molecule has 2 aromatic heterocycles. The average Bonchev–Trinajstić information content (AvgIpc) is 2.86. The summed E-state index contributed by atoms with van der Waals surface area (Å²) in [6.45, 7) is 5.88. The van der Waals surface area contributed by atoms with Crippen molar-refractivity contribution in [3.8, 4) is 5.82 Å². The lowest BCUT2D eigenvalue weighted by Crippen LogP contribution is -2.39. The van der Waals surface area contributed by atoms with Crippen LogP contribution in [0.3, 0.4) is 0 Å². The molecule has 1 aliphatic rings. The number of hydrogen-bond donors (Lipinski definition) is 0. The van der Waals surface area contributed by atoms with Gasteiger partial charge in [-0.05, 0) is 44.9 Å². The molecule has 1 saturated heterocycles. The summed E-state index contributed by atoms with van der Waals surface area (Å²) in [6, 6.07) is 6.01. The molecule has 0 radical (unpaired) electrons. The highest BCUT2D eigenvalue weighted by Crippen LogP contribution is 2.19. The first-order valence-corrected chi connectivity index (χ1v) is 7.32. The van der Waals surface area contributed by atoms with Crippen molar-refractivity contribution in [2.24, 2.45) is 0 Å². The third kappa shape index (κ3) is 2.90. The van der Waals surface area contributed by atoms with E-state index < -0.39 is 0 Å². The molecule has 6 heteroatoms. The molecule has 0 aliphatic carbocycles. The molecule has 0 N–H and O–H groups in total. The smallest absolute Gasteiger partial charge is 0.176 e. The topological polar surface area (TPSA) is 56.1 Å². The Morgan fingerprint density at radius 1 is 1.19 bits per heavy atom. The molecule has 6 nitrogen and oxygen atoms in total. The van der Waals surface area contributed by atoms with Gasteiger partial charge in [0.15, 0.2) is 11.6 Å². The van der Waals surface area contributed by atoms with Crippen molar-refractivity contribution in [2.75, 3.05) is 25.1 Å². The van der Waals surface area contributed by atoms with Crippen molar-refractivity contribution < 1.29 is 4.74 Å². The van der Waals surface area contributed by atoms with Gasteiger partial charge >= 0.3 is 0 Å². The van der Waals surface area contributed by atoms with E-state index in [1.54, 1.807) is 7.11 Å². The van der Waals surface area contributed by atoms with Crippen molar-refractivity contribution in [1.29, 1.82) is 0 Å². The first kappa shape index (κ1) is 14.0. The zero-order valence-corrected chi connectivity index (χ0v) is 12.8. The Hall–Kier alpha value is -1.95.